The molecule has 1 aromatic heterocycles. The molecule has 0 unspecified atom stereocenters. The number of imidazole rings is 1. The fourth-order valence-electron chi connectivity index (χ4n) is 1.89. The summed E-state index contributed by atoms with van der Waals surface area (Å²) in [5.41, 5.74) is 1.72. The fourth-order valence-corrected chi connectivity index (χ4v) is 2.66. The molecule has 0 aliphatic heterocycles. The zero-order chi connectivity index (χ0) is 13.1. The zero-order valence-corrected chi connectivity index (χ0v) is 13.0. The van der Waals surface area contributed by atoms with E-state index in [4.69, 9.17) is 17.0 Å². The van der Waals surface area contributed by atoms with Crippen molar-refractivity contribution in [1.29, 1.82) is 0 Å². The van der Waals surface area contributed by atoms with Gasteiger partial charge in [0.2, 0.25) is 0 Å². The third kappa shape index (κ3) is 2.92. The Balaban J connectivity index is 2.29. The van der Waals surface area contributed by atoms with Crippen LogP contribution in [0.25, 0.3) is 11.0 Å². The van der Waals surface area contributed by atoms with E-state index in [9.17, 15) is 4.39 Å². The van der Waals surface area contributed by atoms with Gasteiger partial charge in [0.25, 0.3) is 0 Å². The van der Waals surface area contributed by atoms with Crippen LogP contribution in [0.5, 0.6) is 0 Å². The molecule has 3 nitrogen and oxygen atoms in total. The minimum Gasteiger partial charge on any atom is -0.385 e. The van der Waals surface area contributed by atoms with E-state index in [1.807, 2.05) is 27.2 Å². The monoisotopic (exact) mass is 380 g/mol. The van der Waals surface area contributed by atoms with Crippen molar-refractivity contribution in [3.8, 4) is 0 Å². The number of fused-ring (bicyclic) bond motifs is 1. The van der Waals surface area contributed by atoms with Crippen LogP contribution in [0.3, 0.4) is 0 Å². The van der Waals surface area contributed by atoms with Gasteiger partial charge in [0.05, 0.1) is 14.6 Å². The maximum atomic E-state index is 13.6. The van der Waals surface area contributed by atoms with Crippen molar-refractivity contribution in [1.82, 2.24) is 9.55 Å². The van der Waals surface area contributed by atoms with Gasteiger partial charge in [-0.2, -0.15) is 0 Å². The minimum absolute atomic E-state index is 0.206. The van der Waals surface area contributed by atoms with Gasteiger partial charge in [-0.1, -0.05) is 0 Å². The Hall–Kier alpha value is -0.470. The number of aromatic amines is 1. The summed E-state index contributed by atoms with van der Waals surface area (Å²) in [4.78, 5) is 3.11. The van der Waals surface area contributed by atoms with E-state index in [1.54, 1.807) is 19.2 Å². The number of H-pyrrole nitrogens is 1. The van der Waals surface area contributed by atoms with Crippen molar-refractivity contribution in [3.63, 3.8) is 0 Å². The highest BCUT2D eigenvalue weighted by molar-refractivity contribution is 14.1. The van der Waals surface area contributed by atoms with E-state index in [1.165, 1.54) is 0 Å². The van der Waals surface area contributed by atoms with Crippen LogP contribution in [0.1, 0.15) is 12.8 Å². The standard InChI is InChI=1S/C12H14FIN2OS/c1-17-5-3-2-4-16-11-6-8(13)9(14)7-10(11)15-12(16)18/h6-7H,2-5H2,1H3,(H,15,18). The molecule has 0 saturated carbocycles. The van der Waals surface area contributed by atoms with Gasteiger partial charge >= 0.3 is 0 Å². The Morgan fingerprint density at radius 1 is 1.44 bits per heavy atom. The van der Waals surface area contributed by atoms with E-state index in [0.29, 0.717) is 8.34 Å². The highest BCUT2D eigenvalue weighted by atomic mass is 127. The third-order valence-corrected chi connectivity index (χ3v) is 3.95. The minimum atomic E-state index is -0.206. The molecule has 0 atom stereocenters. The van der Waals surface area contributed by atoms with Crippen LogP contribution in [-0.4, -0.2) is 23.3 Å². The van der Waals surface area contributed by atoms with Crippen LogP contribution in [0.4, 0.5) is 4.39 Å². The van der Waals surface area contributed by atoms with Crippen molar-refractivity contribution in [3.05, 3.63) is 26.3 Å². The molecule has 1 aromatic carbocycles. The number of aryl methyl sites for hydroxylation is 1. The summed E-state index contributed by atoms with van der Waals surface area (Å²) >= 11 is 7.25. The first kappa shape index (κ1) is 14.0. The molecule has 6 heteroatoms. The maximum absolute atomic E-state index is 13.6. The van der Waals surface area contributed by atoms with Gasteiger partial charge < -0.3 is 14.3 Å². The second-order valence-electron chi connectivity index (χ2n) is 4.07. The number of ether oxygens (including phenoxy) is 1. The summed E-state index contributed by atoms with van der Waals surface area (Å²) in [6.45, 7) is 1.52. The van der Waals surface area contributed by atoms with Crippen molar-refractivity contribution in [2.75, 3.05) is 13.7 Å². The summed E-state index contributed by atoms with van der Waals surface area (Å²) in [6.07, 6.45) is 1.93. The highest BCUT2D eigenvalue weighted by Crippen LogP contribution is 2.21. The van der Waals surface area contributed by atoms with E-state index >= 15 is 0 Å². The Bertz CT molecular complexity index is 608. The largest absolute Gasteiger partial charge is 0.385 e. The molecule has 0 amide bonds. The maximum Gasteiger partial charge on any atom is 0.178 e. The van der Waals surface area contributed by atoms with E-state index in [-0.39, 0.29) is 5.82 Å². The van der Waals surface area contributed by atoms with Crippen molar-refractivity contribution >= 4 is 45.8 Å². The molecule has 2 rings (SSSR count). The molecule has 2 aromatic rings. The predicted molar refractivity (Wildman–Crippen MR) is 80.9 cm³/mol. The van der Waals surface area contributed by atoms with Gasteiger partial charge in [-0.05, 0) is 53.7 Å². The van der Waals surface area contributed by atoms with Gasteiger partial charge in [0, 0.05) is 26.3 Å². The molecule has 0 spiro atoms. The SMILES string of the molecule is COCCCCn1c(=S)[nH]c2cc(I)c(F)cc21. The third-order valence-electron chi connectivity index (χ3n) is 2.80. The van der Waals surface area contributed by atoms with Gasteiger partial charge in [0.15, 0.2) is 4.77 Å². The van der Waals surface area contributed by atoms with E-state index < -0.39 is 0 Å². The number of nitrogens with one attached hydrogen (secondary N) is 1. The van der Waals surface area contributed by atoms with Gasteiger partial charge in [0.1, 0.15) is 5.82 Å². The molecular formula is C12H14FIN2OS. The smallest absolute Gasteiger partial charge is 0.178 e. The molecule has 18 heavy (non-hydrogen) atoms. The first-order chi connectivity index (χ1) is 8.63. The number of rotatable bonds is 5. The summed E-state index contributed by atoms with van der Waals surface area (Å²) in [5, 5.41) is 0. The van der Waals surface area contributed by atoms with Crippen LogP contribution in [0, 0.1) is 14.2 Å². The second-order valence-corrected chi connectivity index (χ2v) is 5.61. The lowest BCUT2D eigenvalue weighted by Gasteiger charge is -2.04. The predicted octanol–water partition coefficient (Wildman–Crippen LogP) is 3.87. The average Bonchev–Trinajstić information content (AvgIpc) is 2.62. The normalized spacial score (nSPS) is 11.3. The number of hydrogen-bond acceptors (Lipinski definition) is 2. The number of benzene rings is 1. The lowest BCUT2D eigenvalue weighted by Crippen LogP contribution is -2.00. The van der Waals surface area contributed by atoms with Gasteiger partial charge in [-0.25, -0.2) is 4.39 Å². The molecule has 1 N–H and O–H groups in total. The summed E-state index contributed by atoms with van der Waals surface area (Å²) < 4.78 is 21.8. The summed E-state index contributed by atoms with van der Waals surface area (Å²) in [7, 11) is 1.69. The molecule has 1 heterocycles. The van der Waals surface area contributed by atoms with Crippen LogP contribution >= 0.6 is 34.8 Å². The molecule has 0 fully saturated rings. The van der Waals surface area contributed by atoms with Crippen molar-refractivity contribution in [2.45, 2.75) is 19.4 Å². The lowest BCUT2D eigenvalue weighted by molar-refractivity contribution is 0.191. The Morgan fingerprint density at radius 3 is 2.94 bits per heavy atom. The quantitative estimate of drug-likeness (QED) is 0.485. The number of unbranched alkanes of at least 4 members (excludes halogenated alkanes) is 1. The number of hydrogen-bond donors (Lipinski definition) is 1. The van der Waals surface area contributed by atoms with Crippen LogP contribution in [0.2, 0.25) is 0 Å². The van der Waals surface area contributed by atoms with Crippen molar-refractivity contribution in [2.24, 2.45) is 0 Å². The molecule has 0 saturated heterocycles. The molecule has 0 aliphatic carbocycles. The second kappa shape index (κ2) is 6.12. The average molecular weight is 380 g/mol. The molecular weight excluding hydrogens is 366 g/mol. The van der Waals surface area contributed by atoms with E-state index in [2.05, 4.69) is 4.98 Å². The van der Waals surface area contributed by atoms with Crippen LogP contribution in [0.15, 0.2) is 12.1 Å². The van der Waals surface area contributed by atoms with Gasteiger partial charge in [-0.15, -0.1) is 0 Å². The highest BCUT2D eigenvalue weighted by Gasteiger charge is 2.08. The van der Waals surface area contributed by atoms with Crippen LogP contribution < -0.4 is 0 Å². The zero-order valence-electron chi connectivity index (χ0n) is 10.0. The number of methoxy groups -OCH3 is 1. The fraction of sp³-hybridized carbons (Fsp3) is 0.417. The summed E-state index contributed by atoms with van der Waals surface area (Å²) in [6, 6.07) is 3.33. The summed E-state index contributed by atoms with van der Waals surface area (Å²) in [5.74, 6) is -0.206. The molecule has 98 valence electrons. The van der Waals surface area contributed by atoms with Crippen molar-refractivity contribution < 1.29 is 9.13 Å². The lowest BCUT2D eigenvalue weighted by atomic mass is 10.3. The Morgan fingerprint density at radius 2 is 2.22 bits per heavy atom. The molecule has 0 radical (unpaired) electrons. The number of halogens is 2. The topological polar surface area (TPSA) is 29.9 Å². The number of nitrogens with zero attached hydrogens (tertiary/aromatic N) is 1. The first-order valence-electron chi connectivity index (χ1n) is 5.70. The van der Waals surface area contributed by atoms with Crippen LogP contribution in [-0.2, 0) is 11.3 Å². The molecule has 0 bridgehead atoms. The first-order valence-corrected chi connectivity index (χ1v) is 7.18. The number of aromatic nitrogens is 2. The van der Waals surface area contributed by atoms with E-state index in [0.717, 1.165) is 37.0 Å². The Labute approximate surface area is 123 Å². The van der Waals surface area contributed by atoms with Gasteiger partial charge in [-0.3, -0.25) is 0 Å². The Kier molecular flexibility index (Phi) is 4.74. The molecule has 0 aliphatic rings.